The molecule has 0 aliphatic carbocycles. The maximum Gasteiger partial charge on any atom is 0.373 e. The van der Waals surface area contributed by atoms with E-state index in [1.165, 1.54) is 4.90 Å². The molecule has 0 aromatic carbocycles. The standard InChI is InChI=1S/C12H20N4O7.2C10H17N3O6.C8H17N3O2.2C8H14N2O5.2CO2/c13-3-9(18)15-8(7-17)1-2-14-10(19)4-16(5-11(20)21)6-12(22)23;11-7(6-14)1-2-12-8(15)3-13(4-9(16)17)5-10(18)19;11-3-8(15)12-7(6-14)1-2-13(4-9(16)17)5-10(18)19;1-11(2)5-8(13)10-7(6-12)3-4-9;9-6(5-11)1-2-10(3-7(12)13)4-8(14)15;9-2-1-6(5-11)10(3-7(12)13)4-8(14)15;2*2-1-3/h7-8H,1-6,13H2,(H,14,19)(H,15,18)(H,20,21)(H,22,23);2*6-7H,1-5,11H2,(H,12,15)(H,16,17)(H,18,19);6-7H,3-5,9H2,1-2H3,(H,10,13);2*5-6H,1-4,9H2,(H,12,13)(H,14,15);;/t8-;3*7-;2*6-;;/m111010../s1. The molecular formula is C58H99N17O35. The van der Waals surface area contributed by atoms with Crippen LogP contribution in [0.5, 0.6) is 0 Å². The van der Waals surface area contributed by atoms with Crippen LogP contribution in [0, 0.1) is 0 Å². The largest absolute Gasteiger partial charge is 0.480 e. The zero-order valence-electron chi connectivity index (χ0n) is 59.8. The molecular weight excluding hydrogens is 1490 g/mol. The van der Waals surface area contributed by atoms with Gasteiger partial charge < -0.3 is 146 Å². The smallest absolute Gasteiger partial charge is 0.373 e. The van der Waals surface area contributed by atoms with Crippen LogP contribution in [-0.4, -0.2) is 407 Å². The maximum absolute atomic E-state index is 11.6. The summed E-state index contributed by atoms with van der Waals surface area (Å²) in [5.74, 6) is -14.2. The number of amides is 5. The molecule has 52 heteroatoms. The molecule has 0 aromatic rings. The van der Waals surface area contributed by atoms with Crippen LogP contribution < -0.4 is 61.0 Å². The Kier molecular flexibility index (Phi) is 78.5. The van der Waals surface area contributed by atoms with Crippen molar-refractivity contribution in [3.8, 4) is 0 Å². The van der Waals surface area contributed by atoms with E-state index in [1.54, 1.807) is 19.0 Å². The molecule has 0 rings (SSSR count). The van der Waals surface area contributed by atoms with Gasteiger partial charge in [-0.15, -0.1) is 0 Å². The number of carboxylic acids is 10. The third kappa shape index (κ3) is 87.0. The average molecular weight is 1590 g/mol. The van der Waals surface area contributed by atoms with E-state index < -0.39 is 178 Å². The van der Waals surface area contributed by atoms with Crippen molar-refractivity contribution in [3.05, 3.63) is 0 Å². The van der Waals surface area contributed by atoms with Gasteiger partial charge in [0.25, 0.3) is 0 Å². The first-order chi connectivity index (χ1) is 51.4. The fourth-order valence-electron chi connectivity index (χ4n) is 7.27. The topological polar surface area (TPSA) is 865 Å². The van der Waals surface area contributed by atoms with Gasteiger partial charge in [-0.3, -0.25) is 96.4 Å². The Morgan fingerprint density at radius 2 is 0.600 bits per heavy atom. The van der Waals surface area contributed by atoms with E-state index in [0.29, 0.717) is 50.7 Å². The van der Waals surface area contributed by atoms with Gasteiger partial charge in [-0.2, -0.15) is 19.2 Å². The summed E-state index contributed by atoms with van der Waals surface area (Å²) in [6.45, 7) is -4.94. The minimum atomic E-state index is -1.26. The van der Waals surface area contributed by atoms with Gasteiger partial charge in [-0.25, -0.2) is 0 Å². The van der Waals surface area contributed by atoms with Crippen LogP contribution in [0.1, 0.15) is 38.5 Å². The first-order valence-electron chi connectivity index (χ1n) is 31.3. The Balaban J connectivity index is -0.000000188. The molecule has 27 N–H and O–H groups in total. The van der Waals surface area contributed by atoms with Gasteiger partial charge in [0.1, 0.15) is 37.7 Å². The van der Waals surface area contributed by atoms with E-state index in [4.69, 9.17) is 105 Å². The number of nitrogens with zero attached hydrogens (tertiary/aromatic N) is 6. The number of hydrogen-bond donors (Lipinski definition) is 21. The highest BCUT2D eigenvalue weighted by atomic mass is 16.4. The second-order valence-corrected chi connectivity index (χ2v) is 21.6. The molecule has 0 saturated carbocycles. The highest BCUT2D eigenvalue weighted by Crippen LogP contribution is 2.02. The molecule has 110 heavy (non-hydrogen) atoms. The second kappa shape index (κ2) is 75.6. The summed E-state index contributed by atoms with van der Waals surface area (Å²) in [5, 5.41) is 97.7. The summed E-state index contributed by atoms with van der Waals surface area (Å²) in [6, 6.07) is -4.19. The molecule has 0 fully saturated rings. The van der Waals surface area contributed by atoms with Crippen LogP contribution >= 0.6 is 0 Å². The molecule has 0 aliphatic heterocycles. The van der Waals surface area contributed by atoms with Gasteiger partial charge in [-0.05, 0) is 65.7 Å². The molecule has 0 radical (unpaired) electrons. The van der Waals surface area contributed by atoms with Gasteiger partial charge in [0, 0.05) is 26.2 Å². The average Bonchev–Trinajstić information content (AvgIpc) is 0.919. The Morgan fingerprint density at radius 1 is 0.327 bits per heavy atom. The van der Waals surface area contributed by atoms with Crippen molar-refractivity contribution in [1.82, 2.24) is 56.0 Å². The number of carboxylic acid groups (broad SMARTS) is 10. The highest BCUT2D eigenvalue weighted by Gasteiger charge is 2.24. The molecule has 6 atom stereocenters. The predicted molar refractivity (Wildman–Crippen MR) is 364 cm³/mol. The summed E-state index contributed by atoms with van der Waals surface area (Å²) in [4.78, 5) is 264. The summed E-state index contributed by atoms with van der Waals surface area (Å²) in [7, 11) is 3.58. The molecule has 0 bridgehead atoms. The molecule has 0 unspecified atom stereocenters. The van der Waals surface area contributed by atoms with Crippen molar-refractivity contribution in [1.29, 1.82) is 0 Å². The van der Waals surface area contributed by atoms with Gasteiger partial charge in [0.2, 0.25) is 29.5 Å². The van der Waals surface area contributed by atoms with Crippen LogP contribution in [0.25, 0.3) is 0 Å². The lowest BCUT2D eigenvalue weighted by atomic mass is 10.2. The number of nitrogens with two attached hydrogens (primary N) is 6. The summed E-state index contributed by atoms with van der Waals surface area (Å²) >= 11 is 0. The monoisotopic (exact) mass is 1590 g/mol. The predicted octanol–water partition coefficient (Wildman–Crippen LogP) is -14.3. The van der Waals surface area contributed by atoms with E-state index in [-0.39, 0.29) is 122 Å². The quantitative estimate of drug-likeness (QED) is 0.0251. The van der Waals surface area contributed by atoms with Crippen LogP contribution in [0.15, 0.2) is 0 Å². The molecule has 0 aliphatic rings. The molecule has 0 heterocycles. The highest BCUT2D eigenvalue weighted by molar-refractivity contribution is 5.84. The van der Waals surface area contributed by atoms with Gasteiger partial charge in [0.15, 0.2) is 0 Å². The fraction of sp³-hybridized carbons (Fsp3) is 0.603. The molecule has 0 aromatic heterocycles. The second-order valence-electron chi connectivity index (χ2n) is 21.6. The Hall–Kier alpha value is -11.6. The third-order valence-electron chi connectivity index (χ3n) is 11.7. The first kappa shape index (κ1) is 114. The molecule has 0 spiro atoms. The summed E-state index contributed by atoms with van der Waals surface area (Å²) < 4.78 is 0. The zero-order valence-corrected chi connectivity index (χ0v) is 59.8. The van der Waals surface area contributed by atoms with Crippen molar-refractivity contribution < 1.29 is 171 Å². The molecule has 52 nitrogen and oxygen atoms in total. The fourth-order valence-corrected chi connectivity index (χ4v) is 7.27. The maximum atomic E-state index is 11.6. The number of aliphatic carboxylic acids is 10. The summed E-state index contributed by atoms with van der Waals surface area (Å²) in [5.41, 5.74) is 31.2. The van der Waals surface area contributed by atoms with Crippen LogP contribution in [-0.2, 0) is 120 Å². The van der Waals surface area contributed by atoms with Crippen LogP contribution in [0.2, 0.25) is 0 Å². The lowest BCUT2D eigenvalue weighted by molar-refractivity contribution is -0.193. The number of carbonyl (C=O) groups is 21. The van der Waals surface area contributed by atoms with E-state index in [2.05, 4.69) is 26.6 Å². The molecule has 0 saturated heterocycles. The van der Waals surface area contributed by atoms with Crippen molar-refractivity contribution in [3.63, 3.8) is 0 Å². The minimum absolute atomic E-state index is 0.0427. The van der Waals surface area contributed by atoms with Gasteiger partial charge in [-0.1, -0.05) is 0 Å². The normalized spacial score (nSPS) is 11.5. The van der Waals surface area contributed by atoms with Crippen molar-refractivity contribution in [2.45, 2.75) is 74.8 Å². The number of likely N-dealkylation sites (N-methyl/N-ethyl adjacent to an activating group) is 1. The lowest BCUT2D eigenvalue weighted by Crippen LogP contribution is -2.44. The number of carbonyl (C=O) groups excluding carboxylic acids is 15. The van der Waals surface area contributed by atoms with Crippen molar-refractivity contribution in [2.75, 3.05) is 152 Å². The number of nitrogens with one attached hydrogen (secondary N) is 5. The van der Waals surface area contributed by atoms with E-state index in [1.807, 2.05) is 0 Å². The zero-order chi connectivity index (χ0) is 86.9. The Morgan fingerprint density at radius 3 is 0.873 bits per heavy atom. The van der Waals surface area contributed by atoms with Crippen molar-refractivity contribution in [2.24, 2.45) is 34.4 Å². The third-order valence-corrected chi connectivity index (χ3v) is 11.7. The first-order valence-corrected chi connectivity index (χ1v) is 31.3. The number of aldehydes is 6. The number of hydrogen-bond acceptors (Lipinski definition) is 37. The van der Waals surface area contributed by atoms with Crippen molar-refractivity contribution >= 4 is 139 Å². The lowest BCUT2D eigenvalue weighted by Gasteiger charge is -2.23. The van der Waals surface area contributed by atoms with Gasteiger partial charge >= 0.3 is 72.0 Å². The van der Waals surface area contributed by atoms with E-state index in [9.17, 15) is 101 Å². The Bertz CT molecular complexity index is 2810. The van der Waals surface area contributed by atoms with Crippen LogP contribution in [0.3, 0.4) is 0 Å². The molecule has 626 valence electrons. The van der Waals surface area contributed by atoms with E-state index >= 15 is 0 Å². The summed E-state index contributed by atoms with van der Waals surface area (Å²) in [6.07, 6.45) is 5.26. The van der Waals surface area contributed by atoms with Gasteiger partial charge in [0.05, 0.1) is 134 Å². The minimum Gasteiger partial charge on any atom is -0.480 e. The Labute approximate surface area is 625 Å². The number of rotatable bonds is 54. The van der Waals surface area contributed by atoms with E-state index in [0.717, 1.165) is 19.6 Å². The SMILES string of the molecule is CN(C)CC(=O)N[C@H](C=O)CCN.NCC(=O)N[C@@H](C=O)CCN(CC(=O)O)CC(=O)O.NCC(=O)N[C@@H](C=O)CCNC(=O)CN(CC(=O)O)CC(=O)O.NCC[C@@H](C=O)N(CC(=O)O)CC(=O)O.N[C@@H](C=O)CCN(CC(=O)O)CC(=O)O.N[C@@H](C=O)CCNC(=O)CN(CC(=O)O)CC(=O)O.O=C=O.O=C=O. The van der Waals surface area contributed by atoms with Crippen LogP contribution in [0.4, 0.5) is 0 Å². The molecule has 5 amide bonds.